The van der Waals surface area contributed by atoms with E-state index in [0.29, 0.717) is 16.5 Å². The molecule has 1 rings (SSSR count). The van der Waals surface area contributed by atoms with Crippen LogP contribution in [0.25, 0.3) is 0 Å². The lowest BCUT2D eigenvalue weighted by atomic mass is 10.1. The summed E-state index contributed by atoms with van der Waals surface area (Å²) in [5, 5.41) is 6.39. The average Bonchev–Trinajstić information content (AvgIpc) is 2.75. The molecule has 0 bridgehead atoms. The van der Waals surface area contributed by atoms with Crippen LogP contribution in [0.4, 0.5) is 10.7 Å². The first kappa shape index (κ1) is 17.3. The Kier molecular flexibility index (Phi) is 6.02. The first-order valence-electron chi connectivity index (χ1n) is 6.91. The predicted molar refractivity (Wildman–Crippen MR) is 86.0 cm³/mol. The largest absolute Gasteiger partial charge is 0.462 e. The van der Waals surface area contributed by atoms with Crippen LogP contribution in [0, 0.1) is 5.92 Å². The van der Waals surface area contributed by atoms with Gasteiger partial charge in [0, 0.05) is 13.1 Å². The van der Waals surface area contributed by atoms with Gasteiger partial charge in [0.2, 0.25) is 0 Å². The molecule has 0 saturated heterocycles. The predicted octanol–water partition coefficient (Wildman–Crippen LogP) is 2.32. The maximum absolute atomic E-state index is 12.0. The Labute approximate surface area is 129 Å². The topological polar surface area (TPSA) is 93.4 Å². The monoisotopic (exact) mass is 313 g/mol. The van der Waals surface area contributed by atoms with Gasteiger partial charge < -0.3 is 21.1 Å². The van der Waals surface area contributed by atoms with Crippen LogP contribution in [-0.2, 0) is 4.74 Å². The lowest BCUT2D eigenvalue weighted by molar-refractivity contribution is 0.0533. The highest BCUT2D eigenvalue weighted by molar-refractivity contribution is 7.19. The molecular formula is C14H23N3O3S. The molecule has 1 unspecified atom stereocenters. The molecule has 1 aromatic heterocycles. The van der Waals surface area contributed by atoms with Gasteiger partial charge in [-0.2, -0.15) is 0 Å². The molecule has 0 aromatic carbocycles. The summed E-state index contributed by atoms with van der Waals surface area (Å²) in [6, 6.07) is 0.140. The number of amides is 1. The smallest absolute Gasteiger partial charge is 0.350 e. The van der Waals surface area contributed by atoms with Crippen LogP contribution < -0.4 is 16.4 Å². The number of nitrogens with one attached hydrogen (secondary N) is 2. The molecule has 0 saturated carbocycles. The Bertz CT molecular complexity index is 526. The number of rotatable bonds is 6. The standard InChI is InChI=1S/C14H23N3O3S/c1-6-20-14(19)11-10(15)9(12(18)16-5)13(21-11)17-8(4)7(2)3/h7-8,17H,6,15H2,1-5H3,(H,16,18). The molecule has 1 aromatic rings. The molecule has 1 atom stereocenters. The fourth-order valence-electron chi connectivity index (χ4n) is 1.62. The lowest BCUT2D eigenvalue weighted by Gasteiger charge is -2.18. The van der Waals surface area contributed by atoms with Crippen molar-refractivity contribution >= 4 is 33.9 Å². The van der Waals surface area contributed by atoms with Gasteiger partial charge in [0.25, 0.3) is 5.91 Å². The van der Waals surface area contributed by atoms with Gasteiger partial charge in [0.15, 0.2) is 0 Å². The lowest BCUT2D eigenvalue weighted by Crippen LogP contribution is -2.24. The second kappa shape index (κ2) is 7.31. The van der Waals surface area contributed by atoms with Gasteiger partial charge in [-0.05, 0) is 19.8 Å². The number of thiophene rings is 1. The number of anilines is 2. The summed E-state index contributed by atoms with van der Waals surface area (Å²) in [6.07, 6.45) is 0. The molecule has 0 spiro atoms. The minimum atomic E-state index is -0.504. The van der Waals surface area contributed by atoms with Crippen LogP contribution >= 0.6 is 11.3 Å². The molecule has 6 nitrogen and oxygen atoms in total. The van der Waals surface area contributed by atoms with Crippen molar-refractivity contribution < 1.29 is 14.3 Å². The first-order chi connectivity index (χ1) is 9.83. The van der Waals surface area contributed by atoms with Gasteiger partial charge in [-0.25, -0.2) is 4.79 Å². The van der Waals surface area contributed by atoms with E-state index in [-0.39, 0.29) is 29.1 Å². The van der Waals surface area contributed by atoms with Gasteiger partial charge in [-0.1, -0.05) is 13.8 Å². The highest BCUT2D eigenvalue weighted by Gasteiger charge is 2.26. The van der Waals surface area contributed by atoms with Crippen molar-refractivity contribution in [2.24, 2.45) is 5.92 Å². The minimum absolute atomic E-state index is 0.140. The third kappa shape index (κ3) is 3.87. The second-order valence-electron chi connectivity index (χ2n) is 5.03. The number of carbonyl (C=O) groups is 2. The Morgan fingerprint density at radius 2 is 1.95 bits per heavy atom. The highest BCUT2D eigenvalue weighted by atomic mass is 32.1. The summed E-state index contributed by atoms with van der Waals surface area (Å²) in [4.78, 5) is 24.2. The molecule has 1 amide bonds. The van der Waals surface area contributed by atoms with Gasteiger partial charge in [0.1, 0.15) is 9.88 Å². The number of esters is 1. The third-order valence-corrected chi connectivity index (χ3v) is 4.34. The van der Waals surface area contributed by atoms with E-state index in [0.717, 1.165) is 11.3 Å². The van der Waals surface area contributed by atoms with Crippen molar-refractivity contribution in [1.29, 1.82) is 0 Å². The molecule has 4 N–H and O–H groups in total. The van der Waals surface area contributed by atoms with E-state index < -0.39 is 5.97 Å². The second-order valence-corrected chi connectivity index (χ2v) is 6.05. The Balaban J connectivity index is 3.24. The number of ether oxygens (including phenoxy) is 1. The zero-order valence-electron chi connectivity index (χ0n) is 13.1. The quantitative estimate of drug-likeness (QED) is 0.701. The molecule has 118 valence electrons. The van der Waals surface area contributed by atoms with Gasteiger partial charge in [-0.3, -0.25) is 4.79 Å². The maximum atomic E-state index is 12.0. The zero-order chi connectivity index (χ0) is 16.2. The van der Waals surface area contributed by atoms with E-state index in [9.17, 15) is 9.59 Å². The molecule has 0 fully saturated rings. The van der Waals surface area contributed by atoms with E-state index in [1.807, 2.05) is 6.92 Å². The molecule has 0 aliphatic carbocycles. The van der Waals surface area contributed by atoms with Crippen molar-refractivity contribution in [3.8, 4) is 0 Å². The van der Waals surface area contributed by atoms with Crippen LogP contribution in [0.2, 0.25) is 0 Å². The fourth-order valence-corrected chi connectivity index (χ4v) is 2.73. The van der Waals surface area contributed by atoms with Crippen molar-refractivity contribution in [3.63, 3.8) is 0 Å². The van der Waals surface area contributed by atoms with Gasteiger partial charge in [0.05, 0.1) is 17.9 Å². The van der Waals surface area contributed by atoms with Crippen LogP contribution in [0.3, 0.4) is 0 Å². The number of carbonyl (C=O) groups excluding carboxylic acids is 2. The van der Waals surface area contributed by atoms with Crippen molar-refractivity contribution in [1.82, 2.24) is 5.32 Å². The van der Waals surface area contributed by atoms with Crippen LogP contribution in [0.5, 0.6) is 0 Å². The Morgan fingerprint density at radius 3 is 2.43 bits per heavy atom. The van der Waals surface area contributed by atoms with E-state index in [1.165, 1.54) is 7.05 Å². The minimum Gasteiger partial charge on any atom is -0.462 e. The van der Waals surface area contributed by atoms with Gasteiger partial charge in [-0.15, -0.1) is 11.3 Å². The summed E-state index contributed by atoms with van der Waals surface area (Å²) in [5.41, 5.74) is 6.44. The molecule has 0 aliphatic heterocycles. The maximum Gasteiger partial charge on any atom is 0.350 e. The van der Waals surface area contributed by atoms with Crippen molar-refractivity contribution in [2.45, 2.75) is 33.7 Å². The fraction of sp³-hybridized carbons (Fsp3) is 0.571. The van der Waals surface area contributed by atoms with Gasteiger partial charge >= 0.3 is 5.97 Å². The Morgan fingerprint density at radius 1 is 1.33 bits per heavy atom. The normalized spacial score (nSPS) is 12.1. The molecule has 21 heavy (non-hydrogen) atoms. The summed E-state index contributed by atoms with van der Waals surface area (Å²) in [5.74, 6) is -0.454. The van der Waals surface area contributed by atoms with Crippen LogP contribution in [0.1, 0.15) is 47.7 Å². The number of hydrogen-bond acceptors (Lipinski definition) is 6. The summed E-state index contributed by atoms with van der Waals surface area (Å²) in [6.45, 7) is 8.14. The van der Waals surface area contributed by atoms with Crippen molar-refractivity contribution in [2.75, 3.05) is 24.7 Å². The number of hydrogen-bond donors (Lipinski definition) is 3. The summed E-state index contributed by atoms with van der Waals surface area (Å²) in [7, 11) is 1.53. The first-order valence-corrected chi connectivity index (χ1v) is 7.73. The molecule has 7 heteroatoms. The van der Waals surface area contributed by atoms with E-state index in [1.54, 1.807) is 6.92 Å². The van der Waals surface area contributed by atoms with E-state index >= 15 is 0 Å². The summed E-state index contributed by atoms with van der Waals surface area (Å²) >= 11 is 1.15. The molecular weight excluding hydrogens is 290 g/mol. The highest BCUT2D eigenvalue weighted by Crippen LogP contribution is 2.37. The third-order valence-electron chi connectivity index (χ3n) is 3.22. The van der Waals surface area contributed by atoms with E-state index in [2.05, 4.69) is 24.5 Å². The Hall–Kier alpha value is -1.76. The molecule has 0 radical (unpaired) electrons. The average molecular weight is 313 g/mol. The van der Waals surface area contributed by atoms with E-state index in [4.69, 9.17) is 10.5 Å². The summed E-state index contributed by atoms with van der Waals surface area (Å²) < 4.78 is 4.97. The number of nitrogens with two attached hydrogens (primary N) is 1. The zero-order valence-corrected chi connectivity index (χ0v) is 13.9. The molecule has 0 aliphatic rings. The van der Waals surface area contributed by atoms with Crippen molar-refractivity contribution in [3.05, 3.63) is 10.4 Å². The SMILES string of the molecule is CCOC(=O)c1sc(NC(C)C(C)C)c(C(=O)NC)c1N. The molecule has 1 heterocycles. The van der Waals surface area contributed by atoms with Crippen LogP contribution in [-0.4, -0.2) is 31.6 Å². The number of nitrogen functional groups attached to an aromatic ring is 1. The van der Waals surface area contributed by atoms with Crippen LogP contribution in [0.15, 0.2) is 0 Å².